The summed E-state index contributed by atoms with van der Waals surface area (Å²) in [4.78, 5) is 7.57. The van der Waals surface area contributed by atoms with Gasteiger partial charge in [-0.2, -0.15) is 0 Å². The van der Waals surface area contributed by atoms with Crippen molar-refractivity contribution in [3.8, 4) is 17.0 Å². The van der Waals surface area contributed by atoms with Crippen LogP contribution in [0.5, 0.6) is 5.75 Å². The van der Waals surface area contributed by atoms with Crippen LogP contribution < -0.4 is 4.74 Å². The van der Waals surface area contributed by atoms with E-state index < -0.39 is 0 Å². The fourth-order valence-corrected chi connectivity index (χ4v) is 1.88. The van der Waals surface area contributed by atoms with Crippen LogP contribution >= 0.6 is 0 Å². The largest absolute Gasteiger partial charge is 0.495 e. The molecule has 0 aliphatic rings. The molecule has 1 aromatic carbocycles. The minimum Gasteiger partial charge on any atom is -0.495 e. The molecular formula is C14H12N2O. The molecule has 17 heavy (non-hydrogen) atoms. The van der Waals surface area contributed by atoms with Gasteiger partial charge in [0.15, 0.2) is 0 Å². The highest BCUT2D eigenvalue weighted by molar-refractivity contribution is 5.84. The molecule has 0 unspecified atom stereocenters. The van der Waals surface area contributed by atoms with Crippen molar-refractivity contribution in [2.45, 2.75) is 0 Å². The molecule has 1 N–H and O–H groups in total. The summed E-state index contributed by atoms with van der Waals surface area (Å²) in [5.41, 5.74) is 3.17. The van der Waals surface area contributed by atoms with Crippen LogP contribution in [0.25, 0.3) is 22.2 Å². The van der Waals surface area contributed by atoms with Crippen LogP contribution in [0.1, 0.15) is 0 Å². The van der Waals surface area contributed by atoms with Crippen molar-refractivity contribution in [3.63, 3.8) is 0 Å². The van der Waals surface area contributed by atoms with Crippen LogP contribution in [-0.2, 0) is 0 Å². The number of nitrogens with one attached hydrogen (secondary N) is 1. The van der Waals surface area contributed by atoms with Crippen LogP contribution in [0.15, 0.2) is 48.8 Å². The first kappa shape index (κ1) is 9.90. The molecule has 0 spiro atoms. The van der Waals surface area contributed by atoms with E-state index in [9.17, 15) is 0 Å². The zero-order valence-corrected chi connectivity index (χ0v) is 9.47. The van der Waals surface area contributed by atoms with Crippen molar-refractivity contribution in [1.82, 2.24) is 9.97 Å². The molecule has 3 rings (SSSR count). The Bertz CT molecular complexity index is 641. The predicted molar refractivity (Wildman–Crippen MR) is 68.1 cm³/mol. The Morgan fingerprint density at radius 3 is 2.82 bits per heavy atom. The number of H-pyrrole nitrogens is 1. The van der Waals surface area contributed by atoms with E-state index in [0.717, 1.165) is 22.5 Å². The summed E-state index contributed by atoms with van der Waals surface area (Å²) >= 11 is 0. The van der Waals surface area contributed by atoms with Crippen LogP contribution in [0, 0.1) is 0 Å². The molecule has 2 aromatic heterocycles. The van der Waals surface area contributed by atoms with E-state index in [1.54, 1.807) is 13.3 Å². The number of hydrogen-bond donors (Lipinski definition) is 1. The highest BCUT2D eigenvalue weighted by atomic mass is 16.5. The third-order valence-corrected chi connectivity index (χ3v) is 2.82. The number of aromatic nitrogens is 2. The molecular weight excluding hydrogens is 212 g/mol. The van der Waals surface area contributed by atoms with E-state index in [-0.39, 0.29) is 0 Å². The number of pyridine rings is 1. The standard InChI is InChI=1S/C14H12N2O/c1-17-12-4-5-13(16-9-12)11-3-2-10-6-7-15-14(10)8-11/h2-9,15H,1H3. The first-order valence-corrected chi connectivity index (χ1v) is 5.44. The van der Waals surface area contributed by atoms with Gasteiger partial charge in [0.05, 0.1) is 19.0 Å². The Morgan fingerprint density at radius 2 is 2.06 bits per heavy atom. The van der Waals surface area contributed by atoms with Gasteiger partial charge in [-0.1, -0.05) is 12.1 Å². The average molecular weight is 224 g/mol. The van der Waals surface area contributed by atoms with Gasteiger partial charge in [0.1, 0.15) is 5.75 Å². The number of nitrogens with zero attached hydrogens (tertiary/aromatic N) is 1. The van der Waals surface area contributed by atoms with Gasteiger partial charge in [-0.25, -0.2) is 0 Å². The van der Waals surface area contributed by atoms with Crippen molar-refractivity contribution >= 4 is 10.9 Å². The number of aromatic amines is 1. The SMILES string of the molecule is COc1ccc(-c2ccc3cc[nH]c3c2)nc1. The smallest absolute Gasteiger partial charge is 0.137 e. The molecule has 0 amide bonds. The summed E-state index contributed by atoms with van der Waals surface area (Å²) in [5.74, 6) is 0.773. The molecule has 0 aliphatic carbocycles. The van der Waals surface area contributed by atoms with Gasteiger partial charge in [0.2, 0.25) is 0 Å². The lowest BCUT2D eigenvalue weighted by molar-refractivity contribution is 0.413. The molecule has 0 atom stereocenters. The van der Waals surface area contributed by atoms with Gasteiger partial charge in [-0.15, -0.1) is 0 Å². The lowest BCUT2D eigenvalue weighted by Gasteiger charge is -2.03. The van der Waals surface area contributed by atoms with E-state index in [2.05, 4.69) is 34.2 Å². The third kappa shape index (κ3) is 1.76. The molecule has 3 heteroatoms. The fourth-order valence-electron chi connectivity index (χ4n) is 1.88. The molecule has 0 radical (unpaired) electrons. The summed E-state index contributed by atoms with van der Waals surface area (Å²) in [7, 11) is 1.64. The molecule has 2 heterocycles. The molecule has 3 nitrogen and oxygen atoms in total. The third-order valence-electron chi connectivity index (χ3n) is 2.82. The molecule has 3 aromatic rings. The topological polar surface area (TPSA) is 37.9 Å². The molecule has 0 fully saturated rings. The maximum Gasteiger partial charge on any atom is 0.137 e. The second-order valence-corrected chi connectivity index (χ2v) is 3.86. The number of rotatable bonds is 2. The fraction of sp³-hybridized carbons (Fsp3) is 0.0714. The molecule has 0 aliphatic heterocycles. The van der Waals surface area contributed by atoms with Gasteiger partial charge < -0.3 is 9.72 Å². The number of benzene rings is 1. The summed E-state index contributed by atoms with van der Waals surface area (Å²) < 4.78 is 5.09. The van der Waals surface area contributed by atoms with E-state index in [4.69, 9.17) is 4.74 Å². The molecule has 0 saturated heterocycles. The van der Waals surface area contributed by atoms with Gasteiger partial charge >= 0.3 is 0 Å². The van der Waals surface area contributed by atoms with Crippen LogP contribution in [0.2, 0.25) is 0 Å². The van der Waals surface area contributed by atoms with Gasteiger partial charge in [0.25, 0.3) is 0 Å². The summed E-state index contributed by atoms with van der Waals surface area (Å²) in [6.07, 6.45) is 3.67. The maximum atomic E-state index is 5.09. The minimum absolute atomic E-state index is 0.773. The van der Waals surface area contributed by atoms with Gasteiger partial charge in [-0.05, 0) is 29.7 Å². The lowest BCUT2D eigenvalue weighted by atomic mass is 10.1. The minimum atomic E-state index is 0.773. The number of hydrogen-bond acceptors (Lipinski definition) is 2. The zero-order valence-electron chi connectivity index (χ0n) is 9.47. The number of ether oxygens (including phenoxy) is 1. The lowest BCUT2D eigenvalue weighted by Crippen LogP contribution is -1.86. The first-order valence-electron chi connectivity index (χ1n) is 5.44. The number of methoxy groups -OCH3 is 1. The second-order valence-electron chi connectivity index (χ2n) is 3.86. The zero-order chi connectivity index (χ0) is 11.7. The van der Waals surface area contributed by atoms with Crippen molar-refractivity contribution in [2.24, 2.45) is 0 Å². The first-order chi connectivity index (χ1) is 8.36. The summed E-state index contributed by atoms with van der Waals surface area (Å²) in [6, 6.07) is 12.2. The van der Waals surface area contributed by atoms with E-state index in [0.29, 0.717) is 0 Å². The Balaban J connectivity index is 2.06. The van der Waals surface area contributed by atoms with Crippen LogP contribution in [0.3, 0.4) is 0 Å². The molecule has 0 saturated carbocycles. The van der Waals surface area contributed by atoms with Crippen molar-refractivity contribution in [2.75, 3.05) is 7.11 Å². The van der Waals surface area contributed by atoms with Crippen molar-refractivity contribution in [3.05, 3.63) is 48.8 Å². The van der Waals surface area contributed by atoms with E-state index >= 15 is 0 Å². The Morgan fingerprint density at radius 1 is 1.12 bits per heavy atom. The van der Waals surface area contributed by atoms with Crippen molar-refractivity contribution in [1.29, 1.82) is 0 Å². The Hall–Kier alpha value is -2.29. The average Bonchev–Trinajstić information content (AvgIpc) is 2.86. The highest BCUT2D eigenvalue weighted by Crippen LogP contribution is 2.23. The molecule has 0 bridgehead atoms. The van der Waals surface area contributed by atoms with Gasteiger partial charge in [-0.3, -0.25) is 4.98 Å². The van der Waals surface area contributed by atoms with Crippen LogP contribution in [0.4, 0.5) is 0 Å². The van der Waals surface area contributed by atoms with E-state index in [1.807, 2.05) is 18.3 Å². The number of fused-ring (bicyclic) bond motifs is 1. The monoisotopic (exact) mass is 224 g/mol. The predicted octanol–water partition coefficient (Wildman–Crippen LogP) is 3.24. The highest BCUT2D eigenvalue weighted by Gasteiger charge is 2.01. The summed E-state index contributed by atoms with van der Waals surface area (Å²) in [6.45, 7) is 0. The normalized spacial score (nSPS) is 10.6. The van der Waals surface area contributed by atoms with Crippen LogP contribution in [-0.4, -0.2) is 17.1 Å². The summed E-state index contributed by atoms with van der Waals surface area (Å²) in [5, 5.41) is 1.21. The van der Waals surface area contributed by atoms with Gasteiger partial charge in [0, 0.05) is 17.3 Å². The Labute approximate surface area is 99.1 Å². The molecule has 84 valence electrons. The van der Waals surface area contributed by atoms with Crippen molar-refractivity contribution < 1.29 is 4.74 Å². The Kier molecular flexibility index (Phi) is 2.29. The quantitative estimate of drug-likeness (QED) is 0.725. The van der Waals surface area contributed by atoms with E-state index in [1.165, 1.54) is 5.39 Å². The second kappa shape index (κ2) is 3.94. The maximum absolute atomic E-state index is 5.09.